The van der Waals surface area contributed by atoms with Gasteiger partial charge in [-0.1, -0.05) is 35.3 Å². The Morgan fingerprint density at radius 2 is 1.84 bits per heavy atom. The van der Waals surface area contributed by atoms with Crippen LogP contribution in [0.1, 0.15) is 11.5 Å². The molecule has 0 spiro atoms. The van der Waals surface area contributed by atoms with E-state index >= 15 is 0 Å². The third-order valence-corrected chi connectivity index (χ3v) is 4.16. The summed E-state index contributed by atoms with van der Waals surface area (Å²) in [5.74, 6) is 0.247. The highest BCUT2D eigenvalue weighted by Gasteiger charge is 2.08. The molecule has 25 heavy (non-hydrogen) atoms. The fourth-order valence-electron chi connectivity index (χ4n) is 2.46. The first-order chi connectivity index (χ1) is 12.1. The summed E-state index contributed by atoms with van der Waals surface area (Å²) in [5, 5.41) is 1.20. The highest BCUT2D eigenvalue weighted by Crippen LogP contribution is 2.21. The summed E-state index contributed by atoms with van der Waals surface area (Å²) >= 11 is 12.3. The number of fused-ring (bicyclic) bond motifs is 2. The van der Waals surface area contributed by atoms with E-state index in [1.54, 1.807) is 30.5 Å². The van der Waals surface area contributed by atoms with Crippen LogP contribution in [0.25, 0.3) is 33.0 Å². The average Bonchev–Trinajstić information content (AvgIpc) is 2.61. The molecule has 0 aliphatic rings. The molecule has 0 radical (unpaired) electrons. The second-order valence-electron chi connectivity index (χ2n) is 5.35. The van der Waals surface area contributed by atoms with E-state index in [9.17, 15) is 4.79 Å². The molecule has 0 unspecified atom stereocenters. The molecule has 1 N–H and O–H groups in total. The number of nitrogens with one attached hydrogen (secondary N) is 1. The van der Waals surface area contributed by atoms with Gasteiger partial charge in [0.15, 0.2) is 5.82 Å². The molecule has 7 heteroatoms. The topological polar surface area (TPSA) is 71.5 Å². The fourth-order valence-corrected chi connectivity index (χ4v) is 2.83. The van der Waals surface area contributed by atoms with Gasteiger partial charge >= 0.3 is 0 Å². The number of aromatic nitrogens is 4. The van der Waals surface area contributed by atoms with Crippen LogP contribution in [-0.4, -0.2) is 19.9 Å². The Balaban J connectivity index is 1.81. The Hall–Kier alpha value is -2.76. The van der Waals surface area contributed by atoms with Crippen molar-refractivity contribution < 1.29 is 0 Å². The Morgan fingerprint density at radius 3 is 2.68 bits per heavy atom. The molecule has 4 rings (SSSR count). The van der Waals surface area contributed by atoms with Gasteiger partial charge in [0.05, 0.1) is 38.9 Å². The minimum atomic E-state index is -0.284. The van der Waals surface area contributed by atoms with Crippen LogP contribution in [0.2, 0.25) is 5.02 Å². The molecular formula is C18H10Cl2N4O. The van der Waals surface area contributed by atoms with E-state index in [2.05, 4.69) is 19.9 Å². The van der Waals surface area contributed by atoms with E-state index < -0.39 is 0 Å². The van der Waals surface area contributed by atoms with Crippen LogP contribution in [0.5, 0.6) is 0 Å². The minimum Gasteiger partial charge on any atom is -0.305 e. The van der Waals surface area contributed by atoms with Gasteiger partial charge in [0.25, 0.3) is 5.56 Å². The molecule has 0 aliphatic carbocycles. The predicted octanol–water partition coefficient (Wildman–Crippen LogP) is 4.26. The molecule has 5 nitrogen and oxygen atoms in total. The largest absolute Gasteiger partial charge is 0.305 e. The van der Waals surface area contributed by atoms with Crippen molar-refractivity contribution in [2.24, 2.45) is 0 Å². The lowest BCUT2D eigenvalue weighted by Crippen LogP contribution is -2.10. The van der Waals surface area contributed by atoms with Crippen molar-refractivity contribution in [2.45, 2.75) is 0 Å². The standard InChI is InChI=1S/C18H10Cl2N4O/c19-10-5-6-12-16(7-10)23-17(24-18(12)25)13(20)8-11-9-21-14-3-1-2-4-15(14)22-11/h1-9H,(H,23,24,25)/b13-8-. The molecule has 122 valence electrons. The lowest BCUT2D eigenvalue weighted by Gasteiger charge is -2.03. The van der Waals surface area contributed by atoms with E-state index in [4.69, 9.17) is 23.2 Å². The van der Waals surface area contributed by atoms with Crippen LogP contribution in [0, 0.1) is 0 Å². The first-order valence-electron chi connectivity index (χ1n) is 7.39. The summed E-state index contributed by atoms with van der Waals surface area (Å²) in [4.78, 5) is 28.0. The second-order valence-corrected chi connectivity index (χ2v) is 6.20. The van der Waals surface area contributed by atoms with Gasteiger partial charge in [-0.3, -0.25) is 9.78 Å². The van der Waals surface area contributed by atoms with Crippen molar-refractivity contribution in [3.8, 4) is 0 Å². The van der Waals surface area contributed by atoms with Crippen LogP contribution < -0.4 is 5.56 Å². The number of halogens is 2. The van der Waals surface area contributed by atoms with Crippen LogP contribution in [0.15, 0.2) is 53.5 Å². The molecule has 0 fully saturated rings. The molecule has 0 saturated carbocycles. The van der Waals surface area contributed by atoms with Gasteiger partial charge in [0.2, 0.25) is 0 Å². The Kier molecular flexibility index (Phi) is 3.95. The summed E-state index contributed by atoms with van der Waals surface area (Å²) < 4.78 is 0. The Labute approximate surface area is 152 Å². The third kappa shape index (κ3) is 3.12. The zero-order chi connectivity index (χ0) is 17.4. The number of hydrogen-bond acceptors (Lipinski definition) is 4. The van der Waals surface area contributed by atoms with E-state index in [1.165, 1.54) is 0 Å². The number of rotatable bonds is 2. The van der Waals surface area contributed by atoms with Crippen molar-refractivity contribution in [2.75, 3.05) is 0 Å². The van der Waals surface area contributed by atoms with E-state index in [1.807, 2.05) is 24.3 Å². The highest BCUT2D eigenvalue weighted by molar-refractivity contribution is 6.50. The maximum Gasteiger partial charge on any atom is 0.259 e. The first-order valence-corrected chi connectivity index (χ1v) is 8.15. The zero-order valence-corrected chi connectivity index (χ0v) is 14.2. The van der Waals surface area contributed by atoms with Gasteiger partial charge in [0.1, 0.15) is 0 Å². The van der Waals surface area contributed by atoms with Crippen LogP contribution in [0.3, 0.4) is 0 Å². The van der Waals surface area contributed by atoms with Gasteiger partial charge in [-0.2, -0.15) is 0 Å². The lowest BCUT2D eigenvalue weighted by molar-refractivity contribution is 1.13. The van der Waals surface area contributed by atoms with Gasteiger partial charge < -0.3 is 4.98 Å². The van der Waals surface area contributed by atoms with E-state index in [0.29, 0.717) is 21.6 Å². The van der Waals surface area contributed by atoms with E-state index in [-0.39, 0.29) is 16.4 Å². The fraction of sp³-hybridized carbons (Fsp3) is 0. The van der Waals surface area contributed by atoms with Crippen LogP contribution >= 0.6 is 23.2 Å². The molecule has 2 heterocycles. The van der Waals surface area contributed by atoms with Gasteiger partial charge in [0, 0.05) is 5.02 Å². The summed E-state index contributed by atoms with van der Waals surface area (Å²) in [6, 6.07) is 12.4. The monoisotopic (exact) mass is 368 g/mol. The van der Waals surface area contributed by atoms with Crippen LogP contribution in [0.4, 0.5) is 0 Å². The van der Waals surface area contributed by atoms with Gasteiger partial charge in [-0.25, -0.2) is 9.97 Å². The van der Waals surface area contributed by atoms with Crippen molar-refractivity contribution in [1.82, 2.24) is 19.9 Å². The predicted molar refractivity (Wildman–Crippen MR) is 101 cm³/mol. The van der Waals surface area contributed by atoms with Crippen molar-refractivity contribution in [1.29, 1.82) is 0 Å². The summed E-state index contributed by atoms with van der Waals surface area (Å²) in [7, 11) is 0. The molecule has 0 atom stereocenters. The summed E-state index contributed by atoms with van der Waals surface area (Å²) in [5.41, 5.74) is 2.31. The van der Waals surface area contributed by atoms with Crippen molar-refractivity contribution in [3.05, 3.63) is 75.6 Å². The summed E-state index contributed by atoms with van der Waals surface area (Å²) in [6.07, 6.45) is 3.22. The van der Waals surface area contributed by atoms with Gasteiger partial charge in [-0.05, 0) is 36.4 Å². The lowest BCUT2D eigenvalue weighted by atomic mass is 10.2. The number of aromatic amines is 1. The molecule has 0 aliphatic heterocycles. The molecule has 2 aromatic heterocycles. The van der Waals surface area contributed by atoms with Gasteiger partial charge in [-0.15, -0.1) is 0 Å². The number of H-pyrrole nitrogens is 1. The van der Waals surface area contributed by atoms with Crippen molar-refractivity contribution in [3.63, 3.8) is 0 Å². The first kappa shape index (κ1) is 15.7. The normalized spacial score (nSPS) is 12.0. The molecule has 0 amide bonds. The van der Waals surface area contributed by atoms with Crippen molar-refractivity contribution >= 4 is 56.2 Å². The molecule has 2 aromatic carbocycles. The number of para-hydroxylation sites is 2. The zero-order valence-electron chi connectivity index (χ0n) is 12.7. The number of nitrogens with zero attached hydrogens (tertiary/aromatic N) is 3. The average molecular weight is 369 g/mol. The third-order valence-electron chi connectivity index (χ3n) is 3.64. The number of benzene rings is 2. The maximum atomic E-state index is 12.2. The Bertz CT molecular complexity index is 1200. The highest BCUT2D eigenvalue weighted by atomic mass is 35.5. The maximum absolute atomic E-state index is 12.2. The minimum absolute atomic E-state index is 0.247. The summed E-state index contributed by atoms with van der Waals surface area (Å²) in [6.45, 7) is 0. The Morgan fingerprint density at radius 1 is 1.04 bits per heavy atom. The molecule has 4 aromatic rings. The quantitative estimate of drug-likeness (QED) is 0.573. The van der Waals surface area contributed by atoms with Crippen LogP contribution in [-0.2, 0) is 0 Å². The second kappa shape index (κ2) is 6.27. The molecular weight excluding hydrogens is 359 g/mol. The molecule has 0 saturated heterocycles. The number of hydrogen-bond donors (Lipinski definition) is 1. The SMILES string of the molecule is O=c1[nH]c(/C(Cl)=C/c2cnc3ccccc3n2)nc2cc(Cl)ccc12. The smallest absolute Gasteiger partial charge is 0.259 e. The van der Waals surface area contributed by atoms with E-state index in [0.717, 1.165) is 11.0 Å². The molecule has 0 bridgehead atoms.